The molecule has 0 bridgehead atoms. The molecule has 0 saturated heterocycles. The molecule has 2 aromatic carbocycles. The summed E-state index contributed by atoms with van der Waals surface area (Å²) in [5.74, 6) is -0.903. The predicted molar refractivity (Wildman–Crippen MR) is 86.9 cm³/mol. The van der Waals surface area contributed by atoms with Crippen molar-refractivity contribution in [2.75, 3.05) is 13.7 Å². The lowest BCUT2D eigenvalue weighted by Crippen LogP contribution is -2.36. The zero-order valence-corrected chi connectivity index (χ0v) is 13.2. The Hall–Kier alpha value is -2.89. The summed E-state index contributed by atoms with van der Waals surface area (Å²) in [7, 11) is 1.47. The summed E-state index contributed by atoms with van der Waals surface area (Å²) >= 11 is 0. The highest BCUT2D eigenvalue weighted by Gasteiger charge is 2.41. The van der Waals surface area contributed by atoms with Crippen LogP contribution in [0.3, 0.4) is 0 Å². The van der Waals surface area contributed by atoms with Crippen molar-refractivity contribution in [3.05, 3.63) is 69.8 Å². The number of rotatable bonds is 5. The maximum atomic E-state index is 12.5. The summed E-state index contributed by atoms with van der Waals surface area (Å²) in [5.41, 5.74) is 1.59. The molecule has 0 fully saturated rings. The van der Waals surface area contributed by atoms with E-state index in [1.165, 1.54) is 7.11 Å². The minimum absolute atomic E-state index is 0.293. The summed E-state index contributed by atoms with van der Waals surface area (Å²) in [5, 5.41) is 11.2. The summed E-state index contributed by atoms with van der Waals surface area (Å²) in [6, 6.07) is 14.6. The number of esters is 1. The van der Waals surface area contributed by atoms with Gasteiger partial charge in [-0.1, -0.05) is 42.5 Å². The van der Waals surface area contributed by atoms with E-state index in [1.54, 1.807) is 18.2 Å². The molecule has 0 aromatic heterocycles. The van der Waals surface area contributed by atoms with Crippen LogP contribution in [0.1, 0.15) is 17.0 Å². The van der Waals surface area contributed by atoms with Crippen LogP contribution in [0.5, 0.6) is 11.5 Å². The van der Waals surface area contributed by atoms with Gasteiger partial charge < -0.3 is 9.47 Å². The molecule has 0 saturated carbocycles. The lowest BCUT2D eigenvalue weighted by atomic mass is 9.80. The molecule has 1 heterocycles. The molecule has 124 valence electrons. The standard InChI is InChI=1S/C18H17NO5/c1-23-16-9-5-8-13-15(11-19(21)22)14(18(20)24-17(13)16)10-12-6-3-2-4-7-12/h2-9,14-15H,10-11H2,1H3. The molecule has 24 heavy (non-hydrogen) atoms. The number of carbonyl (C=O) groups excluding carboxylic acids is 1. The summed E-state index contributed by atoms with van der Waals surface area (Å²) in [4.78, 5) is 23.3. The quantitative estimate of drug-likeness (QED) is 0.365. The fourth-order valence-corrected chi connectivity index (χ4v) is 3.13. The van der Waals surface area contributed by atoms with Crippen molar-refractivity contribution in [2.45, 2.75) is 12.3 Å². The van der Waals surface area contributed by atoms with Crippen LogP contribution in [0.15, 0.2) is 48.5 Å². The molecular formula is C18H17NO5. The van der Waals surface area contributed by atoms with Gasteiger partial charge in [0.1, 0.15) is 0 Å². The third-order valence-electron chi connectivity index (χ3n) is 4.26. The Morgan fingerprint density at radius 1 is 1.12 bits per heavy atom. The first-order valence-corrected chi connectivity index (χ1v) is 7.64. The number of benzene rings is 2. The van der Waals surface area contributed by atoms with Crippen molar-refractivity contribution in [2.24, 2.45) is 5.92 Å². The van der Waals surface area contributed by atoms with Gasteiger partial charge in [0.2, 0.25) is 6.54 Å². The van der Waals surface area contributed by atoms with E-state index in [0.717, 1.165) is 5.56 Å². The topological polar surface area (TPSA) is 78.7 Å². The highest BCUT2D eigenvalue weighted by molar-refractivity contribution is 5.81. The number of para-hydroxylation sites is 1. The molecule has 1 aliphatic heterocycles. The predicted octanol–water partition coefficient (Wildman–Crippen LogP) is 2.83. The molecule has 0 amide bonds. The van der Waals surface area contributed by atoms with Crippen molar-refractivity contribution >= 4 is 5.97 Å². The van der Waals surface area contributed by atoms with E-state index in [2.05, 4.69) is 0 Å². The third kappa shape index (κ3) is 3.08. The molecule has 0 radical (unpaired) electrons. The first-order chi connectivity index (χ1) is 11.6. The molecule has 2 atom stereocenters. The Labute approximate surface area is 139 Å². The largest absolute Gasteiger partial charge is 0.493 e. The number of ether oxygens (including phenoxy) is 2. The Balaban J connectivity index is 2.01. The van der Waals surface area contributed by atoms with Gasteiger partial charge in [0.25, 0.3) is 0 Å². The first-order valence-electron chi connectivity index (χ1n) is 7.64. The Bertz CT molecular complexity index is 759. The van der Waals surface area contributed by atoms with Gasteiger partial charge in [-0.3, -0.25) is 14.9 Å². The van der Waals surface area contributed by atoms with Crippen LogP contribution in [0, 0.1) is 16.0 Å². The number of hydrogen-bond acceptors (Lipinski definition) is 5. The minimum Gasteiger partial charge on any atom is -0.493 e. The van der Waals surface area contributed by atoms with Crippen molar-refractivity contribution in [1.29, 1.82) is 0 Å². The van der Waals surface area contributed by atoms with Crippen molar-refractivity contribution in [1.82, 2.24) is 0 Å². The fourth-order valence-electron chi connectivity index (χ4n) is 3.13. The normalized spacial score (nSPS) is 19.3. The van der Waals surface area contributed by atoms with Gasteiger partial charge >= 0.3 is 5.97 Å². The second-order valence-corrected chi connectivity index (χ2v) is 5.72. The summed E-state index contributed by atoms with van der Waals surface area (Å²) in [6.07, 6.45) is 0.398. The fraction of sp³-hybridized carbons (Fsp3) is 0.278. The molecule has 0 spiro atoms. The summed E-state index contributed by atoms with van der Waals surface area (Å²) < 4.78 is 10.7. The molecular weight excluding hydrogens is 310 g/mol. The number of nitro groups is 1. The maximum absolute atomic E-state index is 12.5. The van der Waals surface area contributed by atoms with Gasteiger partial charge in [0, 0.05) is 10.5 Å². The van der Waals surface area contributed by atoms with E-state index < -0.39 is 17.8 Å². The van der Waals surface area contributed by atoms with Crippen molar-refractivity contribution < 1.29 is 19.2 Å². The molecule has 0 N–H and O–H groups in total. The van der Waals surface area contributed by atoms with Gasteiger partial charge in [0.15, 0.2) is 11.5 Å². The molecule has 6 heteroatoms. The highest BCUT2D eigenvalue weighted by atomic mass is 16.6. The monoisotopic (exact) mass is 327 g/mol. The van der Waals surface area contributed by atoms with E-state index in [0.29, 0.717) is 23.5 Å². The lowest BCUT2D eigenvalue weighted by molar-refractivity contribution is -0.484. The minimum atomic E-state index is -0.600. The number of carbonyl (C=O) groups is 1. The number of methoxy groups -OCH3 is 1. The molecule has 0 aliphatic carbocycles. The molecule has 2 unspecified atom stereocenters. The molecule has 2 aromatic rings. The van der Waals surface area contributed by atoms with Crippen LogP contribution in [-0.4, -0.2) is 24.5 Å². The smallest absolute Gasteiger partial charge is 0.315 e. The van der Waals surface area contributed by atoms with E-state index in [9.17, 15) is 14.9 Å². The van der Waals surface area contributed by atoms with Gasteiger partial charge in [0.05, 0.1) is 18.9 Å². The van der Waals surface area contributed by atoms with Crippen LogP contribution in [0.2, 0.25) is 0 Å². The van der Waals surface area contributed by atoms with E-state index in [4.69, 9.17) is 9.47 Å². The Morgan fingerprint density at radius 3 is 2.54 bits per heavy atom. The second-order valence-electron chi connectivity index (χ2n) is 5.72. The molecule has 6 nitrogen and oxygen atoms in total. The van der Waals surface area contributed by atoms with Gasteiger partial charge in [-0.25, -0.2) is 0 Å². The lowest BCUT2D eigenvalue weighted by Gasteiger charge is -2.30. The second kappa shape index (κ2) is 6.70. The van der Waals surface area contributed by atoms with Gasteiger partial charge in [-0.05, 0) is 18.1 Å². The number of nitrogens with zero attached hydrogens (tertiary/aromatic N) is 1. The first kappa shape index (κ1) is 16.0. The number of hydrogen-bond donors (Lipinski definition) is 0. The van der Waals surface area contributed by atoms with Crippen molar-refractivity contribution in [3.8, 4) is 11.5 Å². The highest BCUT2D eigenvalue weighted by Crippen LogP contribution is 2.44. The Morgan fingerprint density at radius 2 is 1.88 bits per heavy atom. The molecule has 1 aliphatic rings. The Kier molecular flexibility index (Phi) is 4.46. The van der Waals surface area contributed by atoms with Gasteiger partial charge in [-0.15, -0.1) is 0 Å². The van der Waals surface area contributed by atoms with Crippen LogP contribution in [-0.2, 0) is 11.2 Å². The van der Waals surface area contributed by atoms with Gasteiger partial charge in [-0.2, -0.15) is 0 Å². The van der Waals surface area contributed by atoms with Crippen LogP contribution < -0.4 is 9.47 Å². The van der Waals surface area contributed by atoms with Crippen LogP contribution >= 0.6 is 0 Å². The van der Waals surface area contributed by atoms with Crippen LogP contribution in [0.4, 0.5) is 0 Å². The average Bonchev–Trinajstić information content (AvgIpc) is 2.58. The number of fused-ring (bicyclic) bond motifs is 1. The third-order valence-corrected chi connectivity index (χ3v) is 4.26. The zero-order valence-electron chi connectivity index (χ0n) is 13.2. The van der Waals surface area contributed by atoms with E-state index in [-0.39, 0.29) is 11.5 Å². The molecule has 3 rings (SSSR count). The maximum Gasteiger partial charge on any atom is 0.315 e. The van der Waals surface area contributed by atoms with Crippen molar-refractivity contribution in [3.63, 3.8) is 0 Å². The average molecular weight is 327 g/mol. The van der Waals surface area contributed by atoms with Crippen LogP contribution in [0.25, 0.3) is 0 Å². The van der Waals surface area contributed by atoms with E-state index >= 15 is 0 Å². The van der Waals surface area contributed by atoms with E-state index in [1.807, 2.05) is 30.3 Å². The summed E-state index contributed by atoms with van der Waals surface area (Å²) in [6.45, 7) is -0.327. The SMILES string of the molecule is COc1cccc2c1OC(=O)C(Cc1ccccc1)C2C[N+](=O)[O-]. The zero-order chi connectivity index (χ0) is 17.1.